The second-order valence-electron chi connectivity index (χ2n) is 18.0. The first-order valence-corrected chi connectivity index (χ1v) is 23.4. The highest BCUT2D eigenvalue weighted by Gasteiger charge is 2.35. The topological polar surface area (TPSA) is 135 Å². The van der Waals surface area contributed by atoms with Gasteiger partial charge in [0.05, 0.1) is 31.0 Å². The molecule has 3 N–H and O–H groups in total. The van der Waals surface area contributed by atoms with E-state index in [9.17, 15) is 19.8 Å². The zero-order chi connectivity index (χ0) is 47.3. The third-order valence-electron chi connectivity index (χ3n) is 13.8. The first-order chi connectivity index (χ1) is 34.3. The number of rotatable bonds is 5. The van der Waals surface area contributed by atoms with Crippen molar-refractivity contribution in [2.75, 3.05) is 6.61 Å². The van der Waals surface area contributed by atoms with Crippen molar-refractivity contribution in [3.05, 3.63) is 227 Å². The Hall–Kier alpha value is -8.54. The largest absolute Gasteiger partial charge is 0.394 e. The number of aromatic nitrogens is 5. The zero-order valence-electron chi connectivity index (χ0n) is 37.8. The summed E-state index contributed by atoms with van der Waals surface area (Å²) in [6, 6.07) is 67.4. The normalized spacial score (nSPS) is 15.8. The van der Waals surface area contributed by atoms with Gasteiger partial charge in [-0.15, -0.1) is 5.10 Å². The van der Waals surface area contributed by atoms with Gasteiger partial charge in [0.25, 0.3) is 5.56 Å². The van der Waals surface area contributed by atoms with E-state index in [0.717, 1.165) is 72.3 Å². The fraction of sp³-hybridized carbons (Fsp3) is 0.100. The molecule has 16 bridgehead atoms. The number of aliphatic hydroxyl groups excluding tert-OH is 2. The van der Waals surface area contributed by atoms with Crippen LogP contribution in [0.2, 0.25) is 0 Å². The van der Waals surface area contributed by atoms with Crippen molar-refractivity contribution in [2.24, 2.45) is 0 Å². The minimum Gasteiger partial charge on any atom is -0.394 e. The third-order valence-corrected chi connectivity index (χ3v) is 13.8. The Bertz CT molecular complexity index is 3640. The molecule has 0 amide bonds. The third kappa shape index (κ3) is 8.20. The zero-order valence-corrected chi connectivity index (χ0v) is 37.8. The van der Waals surface area contributed by atoms with Gasteiger partial charge in [-0.1, -0.05) is 187 Å². The maximum absolute atomic E-state index is 13.2. The highest BCUT2D eigenvalue weighted by molar-refractivity contribution is 5.80. The minimum absolute atomic E-state index is 0.0755. The molecule has 8 aromatic carbocycles. The van der Waals surface area contributed by atoms with Crippen LogP contribution >= 0.6 is 0 Å². The number of ether oxygens (including phenoxy) is 1. The molecule has 1 fully saturated rings. The average Bonchev–Trinajstić information content (AvgIpc) is 4.04. The van der Waals surface area contributed by atoms with Gasteiger partial charge in [0.1, 0.15) is 18.0 Å². The monoisotopic (exact) mass is 915 g/mol. The van der Waals surface area contributed by atoms with Gasteiger partial charge in [0.2, 0.25) is 0 Å². The molecule has 0 spiro atoms. The Morgan fingerprint density at radius 1 is 0.500 bits per heavy atom. The van der Waals surface area contributed by atoms with E-state index in [4.69, 9.17) is 4.74 Å². The van der Waals surface area contributed by atoms with Gasteiger partial charge >= 0.3 is 5.69 Å². The van der Waals surface area contributed by atoms with Crippen LogP contribution in [0.5, 0.6) is 0 Å². The molecule has 2 aromatic heterocycles. The molecule has 3 atom stereocenters. The van der Waals surface area contributed by atoms with E-state index >= 15 is 0 Å². The van der Waals surface area contributed by atoms with Crippen LogP contribution in [0.15, 0.2) is 210 Å². The minimum atomic E-state index is -0.961. The highest BCUT2D eigenvalue weighted by atomic mass is 16.5. The predicted octanol–water partition coefficient (Wildman–Crippen LogP) is 11.1. The van der Waals surface area contributed by atoms with Crippen LogP contribution in [-0.2, 0) is 11.3 Å². The summed E-state index contributed by atoms with van der Waals surface area (Å²) >= 11 is 0. The van der Waals surface area contributed by atoms with Crippen LogP contribution in [0.3, 0.4) is 0 Å². The van der Waals surface area contributed by atoms with E-state index in [2.05, 4.69) is 203 Å². The quantitative estimate of drug-likeness (QED) is 0.156. The van der Waals surface area contributed by atoms with E-state index in [0.29, 0.717) is 6.54 Å². The van der Waals surface area contributed by atoms with Crippen LogP contribution < -0.4 is 11.2 Å². The summed E-state index contributed by atoms with van der Waals surface area (Å²) in [5.41, 5.74) is 17.9. The van der Waals surface area contributed by atoms with Crippen molar-refractivity contribution in [3.63, 3.8) is 0 Å². The second kappa shape index (κ2) is 17.8. The van der Waals surface area contributed by atoms with Gasteiger partial charge < -0.3 is 14.9 Å². The smallest absolute Gasteiger partial charge is 0.330 e. The Balaban J connectivity index is 0.902. The first-order valence-electron chi connectivity index (χ1n) is 23.4. The van der Waals surface area contributed by atoms with E-state index in [1.165, 1.54) is 33.0 Å². The lowest BCUT2D eigenvalue weighted by Crippen LogP contribution is -2.33. The van der Waals surface area contributed by atoms with E-state index in [-0.39, 0.29) is 17.7 Å². The molecular weight excluding hydrogens is 871 g/mol. The number of aliphatic hydroxyl groups is 2. The molecular formula is C60H45N5O5. The van der Waals surface area contributed by atoms with E-state index < -0.39 is 36.3 Å². The Morgan fingerprint density at radius 2 is 0.871 bits per heavy atom. The van der Waals surface area contributed by atoms with Crippen molar-refractivity contribution in [2.45, 2.75) is 31.4 Å². The van der Waals surface area contributed by atoms with Gasteiger partial charge in [-0.2, -0.15) is 0 Å². The number of benzene rings is 8. The summed E-state index contributed by atoms with van der Waals surface area (Å²) in [7, 11) is 0. The molecule has 10 nitrogen and oxygen atoms in total. The molecule has 0 saturated carbocycles. The van der Waals surface area contributed by atoms with Crippen molar-refractivity contribution < 1.29 is 14.9 Å². The molecule has 70 heavy (non-hydrogen) atoms. The maximum Gasteiger partial charge on any atom is 0.330 e. The van der Waals surface area contributed by atoms with Crippen LogP contribution in [-0.4, -0.2) is 53.6 Å². The van der Waals surface area contributed by atoms with Crippen LogP contribution in [0.4, 0.5) is 0 Å². The number of nitrogens with zero attached hydrogens (tertiary/aromatic N) is 4. The summed E-state index contributed by atoms with van der Waals surface area (Å²) in [6.07, 6.45) is 0.456. The summed E-state index contributed by atoms with van der Waals surface area (Å²) in [4.78, 5) is 28.4. The molecule has 1 aliphatic heterocycles. The SMILES string of the molecule is O=c1[nH]c(=O)n([C@H]2C[C@@H](O)[C@@H](CO)O2)cc1-c1cn(Cc2cc3ccc2-c2ccc(cc2)-c2ccc(cc2)-c2ccc(cc2)-c2ccc(cc2)-c2ccc(cc2)-c2ccc(cc2)-c2ccc-3cc2)nn1. The van der Waals surface area contributed by atoms with Crippen LogP contribution in [0, 0.1) is 0 Å². The summed E-state index contributed by atoms with van der Waals surface area (Å²) in [5.74, 6) is 0. The summed E-state index contributed by atoms with van der Waals surface area (Å²) in [6.45, 7) is -0.0756. The predicted molar refractivity (Wildman–Crippen MR) is 275 cm³/mol. The number of hydrogen-bond donors (Lipinski definition) is 3. The van der Waals surface area contributed by atoms with Crippen LogP contribution in [0.1, 0.15) is 18.2 Å². The first kappa shape index (κ1) is 42.8. The molecule has 10 aromatic rings. The van der Waals surface area contributed by atoms with Crippen LogP contribution in [0.25, 0.3) is 100 Å². The Morgan fingerprint density at radius 3 is 1.26 bits per heavy atom. The van der Waals surface area contributed by atoms with Crippen molar-refractivity contribution >= 4 is 0 Å². The van der Waals surface area contributed by atoms with E-state index in [1.54, 1.807) is 10.9 Å². The standard InChI is InChI=1S/C60H45N5O5/c66-36-57-56(67)32-58(70-57)65-34-54(59(68)61-60(65)69)55-35-64(63-62-55)33-52-31-51-29-30-53(52)50-27-25-48(26-28-50)46-19-17-44(18-20-46)42-11-9-40(10-12-42)38-3-1-37(2-4-38)39-5-7-41(8-6-39)43-13-15-45(16-14-43)47-21-23-49(51)24-22-47/h1-31,34-35,56-58,66-67H,32-33,36H2,(H,61,68,69)/t56-,57-,58-/m1/s1. The van der Waals surface area contributed by atoms with Crippen molar-refractivity contribution in [1.82, 2.24) is 24.5 Å². The number of nitrogens with one attached hydrogen (secondary N) is 1. The lowest BCUT2D eigenvalue weighted by molar-refractivity contribution is -0.0458. The van der Waals surface area contributed by atoms with Crippen molar-refractivity contribution in [3.8, 4) is 100 Å². The van der Waals surface area contributed by atoms with Gasteiger partial charge in [-0.25, -0.2) is 9.48 Å². The second-order valence-corrected chi connectivity index (χ2v) is 18.0. The van der Waals surface area contributed by atoms with Gasteiger partial charge in [-0.05, 0) is 101 Å². The van der Waals surface area contributed by atoms with E-state index in [1.807, 2.05) is 0 Å². The molecule has 0 radical (unpaired) electrons. The fourth-order valence-electron chi connectivity index (χ4n) is 9.76. The molecule has 340 valence electrons. The van der Waals surface area contributed by atoms with Gasteiger partial charge in [0, 0.05) is 12.6 Å². The molecule has 0 unspecified atom stereocenters. The molecule has 1 saturated heterocycles. The number of aromatic amines is 1. The summed E-state index contributed by atoms with van der Waals surface area (Å²) in [5, 5.41) is 28.8. The fourth-order valence-corrected chi connectivity index (χ4v) is 9.76. The highest BCUT2D eigenvalue weighted by Crippen LogP contribution is 2.36. The molecule has 33 rings (SSSR count). The van der Waals surface area contributed by atoms with Crippen molar-refractivity contribution in [1.29, 1.82) is 0 Å². The Labute approximate surface area is 403 Å². The molecule has 23 aliphatic rings. The number of hydrogen-bond acceptors (Lipinski definition) is 7. The molecule has 22 aliphatic carbocycles. The Kier molecular flexibility index (Phi) is 10.9. The maximum atomic E-state index is 13.2. The van der Waals surface area contributed by atoms with Gasteiger partial charge in [-0.3, -0.25) is 14.3 Å². The van der Waals surface area contributed by atoms with Gasteiger partial charge in [0.15, 0.2) is 0 Å². The molecule has 3 heterocycles. The number of H-pyrrole nitrogens is 1. The lowest BCUT2D eigenvalue weighted by atomic mass is 9.92. The summed E-state index contributed by atoms with van der Waals surface area (Å²) < 4.78 is 8.62. The molecule has 10 heteroatoms. The average molecular weight is 916 g/mol. The lowest BCUT2D eigenvalue weighted by Gasteiger charge is -2.15.